The molecule has 1 unspecified atom stereocenters. The molecule has 102 valence electrons. The summed E-state index contributed by atoms with van der Waals surface area (Å²) in [5.74, 6) is 0. The van der Waals surface area contributed by atoms with Crippen LogP contribution in [0.4, 0.5) is 0 Å². The van der Waals surface area contributed by atoms with Crippen LogP contribution in [0, 0.1) is 0 Å². The lowest BCUT2D eigenvalue weighted by molar-refractivity contribution is 0.572. The molecule has 0 saturated carbocycles. The van der Waals surface area contributed by atoms with E-state index in [-0.39, 0.29) is 10.9 Å². The number of aromatic nitrogens is 2. The Balaban J connectivity index is 2.09. The first-order valence-electron chi connectivity index (χ1n) is 5.80. The van der Waals surface area contributed by atoms with Gasteiger partial charge in [0.1, 0.15) is 0 Å². The number of hydrogen-bond donors (Lipinski definition) is 3. The Kier molecular flexibility index (Phi) is 3.98. The molecule has 1 heterocycles. The van der Waals surface area contributed by atoms with Gasteiger partial charge in [-0.2, -0.15) is 5.10 Å². The molecule has 0 aliphatic heterocycles. The first-order valence-corrected chi connectivity index (χ1v) is 7.35. The van der Waals surface area contributed by atoms with Crippen LogP contribution in [0.5, 0.6) is 0 Å². The van der Waals surface area contributed by atoms with Gasteiger partial charge >= 0.3 is 0 Å². The van der Waals surface area contributed by atoms with Gasteiger partial charge in [-0.1, -0.05) is 12.1 Å². The normalized spacial score (nSPS) is 13.4. The Morgan fingerprint density at radius 1 is 1.47 bits per heavy atom. The van der Waals surface area contributed by atoms with Crippen LogP contribution < -0.4 is 10.5 Å². The summed E-state index contributed by atoms with van der Waals surface area (Å²) in [5.41, 5.74) is 1.91. The quantitative estimate of drug-likeness (QED) is 0.757. The molecular weight excluding hydrogens is 264 g/mol. The zero-order valence-corrected chi connectivity index (χ0v) is 11.3. The molecule has 1 aromatic heterocycles. The van der Waals surface area contributed by atoms with Crippen molar-refractivity contribution in [2.45, 2.75) is 24.4 Å². The van der Waals surface area contributed by atoms with Crippen molar-refractivity contribution >= 4 is 10.0 Å². The van der Waals surface area contributed by atoms with Gasteiger partial charge in [0.2, 0.25) is 10.0 Å². The van der Waals surface area contributed by atoms with Crippen LogP contribution in [-0.2, 0) is 16.6 Å². The lowest BCUT2D eigenvalue weighted by Gasteiger charge is -2.14. The minimum absolute atomic E-state index is 0.0107. The predicted molar refractivity (Wildman–Crippen MR) is 71.7 cm³/mol. The van der Waals surface area contributed by atoms with Crippen molar-refractivity contribution in [2.75, 3.05) is 0 Å². The van der Waals surface area contributed by atoms with Gasteiger partial charge in [-0.05, 0) is 24.6 Å². The molecule has 7 heteroatoms. The molecule has 0 saturated heterocycles. The number of H-pyrrole nitrogens is 1. The third-order valence-corrected chi connectivity index (χ3v) is 3.76. The van der Waals surface area contributed by atoms with Crippen molar-refractivity contribution < 1.29 is 8.42 Å². The van der Waals surface area contributed by atoms with E-state index in [1.165, 1.54) is 6.07 Å². The van der Waals surface area contributed by atoms with E-state index in [0.717, 1.165) is 11.1 Å². The number of nitrogens with zero attached hydrogens (tertiary/aromatic N) is 1. The fraction of sp³-hybridized carbons (Fsp3) is 0.250. The van der Waals surface area contributed by atoms with Crippen LogP contribution in [-0.4, -0.2) is 18.6 Å². The van der Waals surface area contributed by atoms with Crippen molar-refractivity contribution in [3.8, 4) is 0 Å². The molecule has 0 spiro atoms. The van der Waals surface area contributed by atoms with Crippen LogP contribution in [0.15, 0.2) is 41.6 Å². The molecule has 0 aliphatic carbocycles. The van der Waals surface area contributed by atoms with Gasteiger partial charge in [0.25, 0.3) is 0 Å². The molecule has 0 bridgehead atoms. The average Bonchev–Trinajstić information content (AvgIpc) is 2.88. The van der Waals surface area contributed by atoms with E-state index in [2.05, 4.69) is 15.5 Å². The second-order valence-electron chi connectivity index (χ2n) is 4.33. The molecule has 1 aromatic carbocycles. The zero-order chi connectivity index (χ0) is 13.9. The number of primary sulfonamides is 1. The molecule has 0 aliphatic rings. The van der Waals surface area contributed by atoms with Crippen LogP contribution in [0.3, 0.4) is 0 Å². The van der Waals surface area contributed by atoms with Crippen LogP contribution >= 0.6 is 0 Å². The number of nitrogens with one attached hydrogen (secondary N) is 2. The summed E-state index contributed by atoms with van der Waals surface area (Å²) in [6, 6.07) is 6.63. The number of rotatable bonds is 5. The number of hydrogen-bond acceptors (Lipinski definition) is 4. The van der Waals surface area contributed by atoms with Gasteiger partial charge in [0.05, 0.1) is 11.1 Å². The molecular formula is C12H16N4O2S. The van der Waals surface area contributed by atoms with Gasteiger partial charge in [-0.25, -0.2) is 13.6 Å². The Bertz CT molecular complexity index is 638. The first kappa shape index (κ1) is 13.7. The van der Waals surface area contributed by atoms with E-state index < -0.39 is 10.0 Å². The zero-order valence-electron chi connectivity index (χ0n) is 10.5. The minimum atomic E-state index is -3.66. The Morgan fingerprint density at radius 2 is 2.26 bits per heavy atom. The minimum Gasteiger partial charge on any atom is -0.306 e. The van der Waals surface area contributed by atoms with Crippen molar-refractivity contribution in [1.82, 2.24) is 15.5 Å². The Hall–Kier alpha value is -1.70. The van der Waals surface area contributed by atoms with Crippen molar-refractivity contribution in [1.29, 1.82) is 0 Å². The molecule has 2 aromatic rings. The average molecular weight is 280 g/mol. The highest BCUT2D eigenvalue weighted by Crippen LogP contribution is 2.17. The molecule has 1 atom stereocenters. The molecule has 0 amide bonds. The molecule has 0 radical (unpaired) electrons. The van der Waals surface area contributed by atoms with E-state index in [4.69, 9.17) is 5.14 Å². The third kappa shape index (κ3) is 3.63. The van der Waals surface area contributed by atoms with Crippen molar-refractivity contribution in [2.24, 2.45) is 5.14 Å². The smallest absolute Gasteiger partial charge is 0.238 e. The Morgan fingerprint density at radius 3 is 2.89 bits per heavy atom. The summed E-state index contributed by atoms with van der Waals surface area (Å²) >= 11 is 0. The molecule has 4 N–H and O–H groups in total. The van der Waals surface area contributed by atoms with E-state index >= 15 is 0 Å². The molecule has 2 rings (SSSR count). The monoisotopic (exact) mass is 280 g/mol. The fourth-order valence-corrected chi connectivity index (χ4v) is 2.29. The highest BCUT2D eigenvalue weighted by Gasteiger charge is 2.11. The van der Waals surface area contributed by atoms with Gasteiger partial charge in [-0.3, -0.25) is 5.10 Å². The van der Waals surface area contributed by atoms with E-state index in [1.54, 1.807) is 24.5 Å². The number of nitrogens with two attached hydrogens (primary N) is 1. The molecule has 6 nitrogen and oxygen atoms in total. The maximum Gasteiger partial charge on any atom is 0.238 e. The van der Waals surface area contributed by atoms with Crippen molar-refractivity contribution in [3.63, 3.8) is 0 Å². The molecule has 19 heavy (non-hydrogen) atoms. The SMILES string of the molecule is CC(NCc1cn[nH]c1)c1cccc(S(N)(=O)=O)c1. The fourth-order valence-electron chi connectivity index (χ4n) is 1.72. The standard InChI is InChI=1S/C12H16N4O2S/c1-9(14-6-10-7-15-16-8-10)11-3-2-4-12(5-11)19(13,17)18/h2-5,7-9,14H,6H2,1H3,(H,15,16)(H2,13,17,18). The van der Waals surface area contributed by atoms with Crippen molar-refractivity contribution in [3.05, 3.63) is 47.8 Å². The van der Waals surface area contributed by atoms with Crippen LogP contribution in [0.1, 0.15) is 24.1 Å². The summed E-state index contributed by atoms with van der Waals surface area (Å²) in [4.78, 5) is 0.127. The van der Waals surface area contributed by atoms with Crippen LogP contribution in [0.25, 0.3) is 0 Å². The topological polar surface area (TPSA) is 101 Å². The highest BCUT2D eigenvalue weighted by molar-refractivity contribution is 7.89. The van der Waals surface area contributed by atoms with Gasteiger partial charge in [0.15, 0.2) is 0 Å². The van der Waals surface area contributed by atoms with Gasteiger partial charge in [-0.15, -0.1) is 0 Å². The maximum absolute atomic E-state index is 11.3. The number of benzene rings is 1. The van der Waals surface area contributed by atoms with Gasteiger partial charge in [0, 0.05) is 24.3 Å². The summed E-state index contributed by atoms with van der Waals surface area (Å²) in [6.45, 7) is 2.61. The van der Waals surface area contributed by atoms with E-state index in [1.807, 2.05) is 13.0 Å². The van der Waals surface area contributed by atoms with Gasteiger partial charge < -0.3 is 5.32 Å². The van der Waals surface area contributed by atoms with E-state index in [9.17, 15) is 8.42 Å². The maximum atomic E-state index is 11.3. The summed E-state index contributed by atoms with van der Waals surface area (Å²) in [7, 11) is -3.66. The molecule has 0 fully saturated rings. The summed E-state index contributed by atoms with van der Waals surface area (Å²) in [5, 5.41) is 15.0. The largest absolute Gasteiger partial charge is 0.306 e. The highest BCUT2D eigenvalue weighted by atomic mass is 32.2. The first-order chi connectivity index (χ1) is 8.97. The Labute approximate surface area is 112 Å². The summed E-state index contributed by atoms with van der Waals surface area (Å²) < 4.78 is 22.6. The van der Waals surface area contributed by atoms with E-state index in [0.29, 0.717) is 6.54 Å². The predicted octanol–water partition coefficient (Wildman–Crippen LogP) is 0.908. The number of aromatic amines is 1. The summed E-state index contributed by atoms with van der Waals surface area (Å²) in [6.07, 6.45) is 3.54. The van der Waals surface area contributed by atoms with Crippen LogP contribution in [0.2, 0.25) is 0 Å². The number of sulfonamides is 1. The lowest BCUT2D eigenvalue weighted by atomic mass is 10.1. The lowest BCUT2D eigenvalue weighted by Crippen LogP contribution is -2.19. The second kappa shape index (κ2) is 5.52. The third-order valence-electron chi connectivity index (χ3n) is 2.85. The second-order valence-corrected chi connectivity index (χ2v) is 5.89.